The van der Waals surface area contributed by atoms with Crippen LogP contribution in [0.2, 0.25) is 0 Å². The topological polar surface area (TPSA) is 65.4 Å². The summed E-state index contributed by atoms with van der Waals surface area (Å²) in [6.07, 6.45) is 8.29. The minimum atomic E-state index is 0.0899. The zero-order valence-electron chi connectivity index (χ0n) is 17.0. The van der Waals surface area contributed by atoms with E-state index in [0.717, 1.165) is 41.0 Å². The van der Waals surface area contributed by atoms with E-state index in [0.29, 0.717) is 24.9 Å². The fraction of sp³-hybridized carbons (Fsp3) is 0.545. The first-order valence-corrected chi connectivity index (χ1v) is 11.6. The van der Waals surface area contributed by atoms with E-state index in [4.69, 9.17) is 9.47 Å². The van der Waals surface area contributed by atoms with Gasteiger partial charge in [0.05, 0.1) is 17.6 Å². The maximum atomic E-state index is 12.3. The van der Waals surface area contributed by atoms with E-state index in [1.54, 1.807) is 0 Å². The Morgan fingerprint density at radius 2 is 2.00 bits per heavy atom. The van der Waals surface area contributed by atoms with Gasteiger partial charge in [-0.1, -0.05) is 31.0 Å². The number of fused-ring (bicyclic) bond motifs is 1. The Hall–Kier alpha value is -2.15. The molecule has 2 heterocycles. The quantitative estimate of drug-likeness (QED) is 0.689. The molecule has 1 aliphatic carbocycles. The van der Waals surface area contributed by atoms with Crippen molar-refractivity contribution in [2.24, 2.45) is 5.92 Å². The van der Waals surface area contributed by atoms with Crippen molar-refractivity contribution in [3.05, 3.63) is 24.4 Å². The molecular formula is C22H29N3O3S. The largest absolute Gasteiger partial charge is 0.486 e. The van der Waals surface area contributed by atoms with Crippen LogP contribution in [0.25, 0.3) is 11.3 Å². The zero-order valence-corrected chi connectivity index (χ0v) is 17.8. The predicted octanol–water partition coefficient (Wildman–Crippen LogP) is 4.13. The van der Waals surface area contributed by atoms with Crippen molar-refractivity contribution < 1.29 is 14.3 Å². The smallest absolute Gasteiger partial charge is 0.230 e. The van der Waals surface area contributed by atoms with Crippen LogP contribution < -0.4 is 14.8 Å². The van der Waals surface area contributed by atoms with Gasteiger partial charge in [0.1, 0.15) is 13.2 Å². The standard InChI is InChI=1S/C22H29N3O3S/c1-2-25-18(17-8-9-19-20(12-17)28-11-10-27-19)14-24-22(25)29-15-21(26)23-13-16-6-4-3-5-7-16/h8-9,12,14,16H,2-7,10-11,13,15H2,1H3,(H,23,26). The molecule has 1 N–H and O–H groups in total. The highest BCUT2D eigenvalue weighted by atomic mass is 32.2. The van der Waals surface area contributed by atoms with Crippen LogP contribution in [-0.4, -0.2) is 41.0 Å². The molecule has 0 saturated heterocycles. The summed E-state index contributed by atoms with van der Waals surface area (Å²) in [5, 5.41) is 3.97. The molecule has 0 radical (unpaired) electrons. The molecule has 156 valence electrons. The Bertz CT molecular complexity index is 846. The highest BCUT2D eigenvalue weighted by Gasteiger charge is 2.18. The van der Waals surface area contributed by atoms with Crippen LogP contribution in [0.1, 0.15) is 39.0 Å². The van der Waals surface area contributed by atoms with Gasteiger partial charge in [-0.3, -0.25) is 4.79 Å². The minimum absolute atomic E-state index is 0.0899. The van der Waals surface area contributed by atoms with Crippen LogP contribution >= 0.6 is 11.8 Å². The lowest BCUT2D eigenvalue weighted by molar-refractivity contribution is -0.118. The molecule has 4 rings (SSSR count). The van der Waals surface area contributed by atoms with Crippen molar-refractivity contribution in [3.8, 4) is 22.8 Å². The Kier molecular flexibility index (Phi) is 6.64. The summed E-state index contributed by atoms with van der Waals surface area (Å²) >= 11 is 1.49. The molecule has 0 bridgehead atoms. The SMILES string of the molecule is CCn1c(-c2ccc3c(c2)OCCO3)cnc1SCC(=O)NCC1CCCCC1. The van der Waals surface area contributed by atoms with Crippen molar-refractivity contribution >= 4 is 17.7 Å². The van der Waals surface area contributed by atoms with Gasteiger partial charge in [0.15, 0.2) is 16.7 Å². The molecule has 2 aliphatic rings. The van der Waals surface area contributed by atoms with Crippen molar-refractivity contribution in [2.75, 3.05) is 25.5 Å². The van der Waals surface area contributed by atoms with E-state index in [1.807, 2.05) is 24.4 Å². The number of imidazole rings is 1. The fourth-order valence-electron chi connectivity index (χ4n) is 4.04. The number of nitrogens with zero attached hydrogens (tertiary/aromatic N) is 2. The van der Waals surface area contributed by atoms with E-state index in [9.17, 15) is 4.79 Å². The number of amides is 1. The zero-order chi connectivity index (χ0) is 20.1. The number of ether oxygens (including phenoxy) is 2. The number of carbonyl (C=O) groups is 1. The first-order valence-electron chi connectivity index (χ1n) is 10.6. The number of nitrogens with one attached hydrogen (secondary N) is 1. The van der Waals surface area contributed by atoms with Crippen LogP contribution in [0.3, 0.4) is 0 Å². The second kappa shape index (κ2) is 9.57. The summed E-state index contributed by atoms with van der Waals surface area (Å²) < 4.78 is 13.5. The lowest BCUT2D eigenvalue weighted by Gasteiger charge is -2.21. The van der Waals surface area contributed by atoms with Crippen LogP contribution in [0.5, 0.6) is 11.5 Å². The Morgan fingerprint density at radius 3 is 2.79 bits per heavy atom. The van der Waals surface area contributed by atoms with Gasteiger partial charge < -0.3 is 19.4 Å². The third-order valence-corrected chi connectivity index (χ3v) is 6.61. The lowest BCUT2D eigenvalue weighted by Crippen LogP contribution is -2.31. The minimum Gasteiger partial charge on any atom is -0.486 e. The lowest BCUT2D eigenvalue weighted by atomic mass is 9.89. The maximum absolute atomic E-state index is 12.3. The Balaban J connectivity index is 1.37. The third-order valence-electron chi connectivity index (χ3n) is 5.62. The highest BCUT2D eigenvalue weighted by molar-refractivity contribution is 7.99. The third kappa shape index (κ3) is 4.89. The second-order valence-electron chi connectivity index (χ2n) is 7.63. The molecule has 6 nitrogen and oxygen atoms in total. The molecule has 1 saturated carbocycles. The average molecular weight is 416 g/mol. The summed E-state index contributed by atoms with van der Waals surface area (Å²) in [4.78, 5) is 16.9. The molecule has 29 heavy (non-hydrogen) atoms. The highest BCUT2D eigenvalue weighted by Crippen LogP contribution is 2.35. The predicted molar refractivity (Wildman–Crippen MR) is 115 cm³/mol. The first kappa shape index (κ1) is 20.1. The van der Waals surface area contributed by atoms with Crippen molar-refractivity contribution in [2.45, 2.75) is 50.7 Å². The van der Waals surface area contributed by atoms with Gasteiger partial charge in [0.25, 0.3) is 0 Å². The summed E-state index contributed by atoms with van der Waals surface area (Å²) in [5.74, 6) is 2.69. The van der Waals surface area contributed by atoms with Gasteiger partial charge >= 0.3 is 0 Å². The van der Waals surface area contributed by atoms with Gasteiger partial charge in [0.2, 0.25) is 5.91 Å². The molecule has 1 aromatic carbocycles. The summed E-state index contributed by atoms with van der Waals surface area (Å²) in [5.41, 5.74) is 2.06. The summed E-state index contributed by atoms with van der Waals surface area (Å²) in [6, 6.07) is 5.98. The van der Waals surface area contributed by atoms with E-state index < -0.39 is 0 Å². The average Bonchev–Trinajstić information content (AvgIpc) is 3.19. The molecule has 7 heteroatoms. The van der Waals surface area contributed by atoms with Gasteiger partial charge in [0, 0.05) is 18.7 Å². The number of rotatable bonds is 7. The summed E-state index contributed by atoms with van der Waals surface area (Å²) in [6.45, 7) is 4.85. The molecule has 2 aromatic rings. The Morgan fingerprint density at radius 1 is 1.21 bits per heavy atom. The summed E-state index contributed by atoms with van der Waals surface area (Å²) in [7, 11) is 0. The molecule has 0 spiro atoms. The normalized spacial score (nSPS) is 16.6. The van der Waals surface area contributed by atoms with Crippen molar-refractivity contribution in [3.63, 3.8) is 0 Å². The van der Waals surface area contributed by atoms with Gasteiger partial charge in [-0.2, -0.15) is 0 Å². The van der Waals surface area contributed by atoms with Crippen molar-refractivity contribution in [1.82, 2.24) is 14.9 Å². The van der Waals surface area contributed by atoms with E-state index in [-0.39, 0.29) is 5.91 Å². The Labute approximate surface area is 176 Å². The van der Waals surface area contributed by atoms with E-state index >= 15 is 0 Å². The van der Waals surface area contributed by atoms with Crippen LogP contribution in [-0.2, 0) is 11.3 Å². The fourth-order valence-corrected chi connectivity index (χ4v) is 4.92. The number of carbonyl (C=O) groups excluding carboxylic acids is 1. The molecule has 1 fully saturated rings. The molecule has 1 amide bonds. The van der Waals surface area contributed by atoms with Crippen LogP contribution in [0, 0.1) is 5.92 Å². The number of benzene rings is 1. The van der Waals surface area contributed by atoms with Crippen LogP contribution in [0.4, 0.5) is 0 Å². The number of hydrogen-bond donors (Lipinski definition) is 1. The van der Waals surface area contributed by atoms with Crippen molar-refractivity contribution in [1.29, 1.82) is 0 Å². The number of aromatic nitrogens is 2. The van der Waals surface area contributed by atoms with Gasteiger partial charge in [-0.25, -0.2) is 4.98 Å². The van der Waals surface area contributed by atoms with Gasteiger partial charge in [-0.05, 0) is 43.9 Å². The molecular weight excluding hydrogens is 386 g/mol. The molecule has 1 aromatic heterocycles. The first-order chi connectivity index (χ1) is 14.2. The second-order valence-corrected chi connectivity index (χ2v) is 8.57. The van der Waals surface area contributed by atoms with Crippen LogP contribution in [0.15, 0.2) is 29.6 Å². The molecule has 1 aliphatic heterocycles. The number of thioether (sulfide) groups is 1. The molecule has 0 atom stereocenters. The van der Waals surface area contributed by atoms with Gasteiger partial charge in [-0.15, -0.1) is 0 Å². The number of hydrogen-bond acceptors (Lipinski definition) is 5. The van der Waals surface area contributed by atoms with E-state index in [1.165, 1.54) is 43.9 Å². The maximum Gasteiger partial charge on any atom is 0.230 e. The molecule has 0 unspecified atom stereocenters. The monoisotopic (exact) mass is 415 g/mol. The van der Waals surface area contributed by atoms with E-state index in [2.05, 4.69) is 21.8 Å².